The Morgan fingerprint density at radius 1 is 1.33 bits per heavy atom. The van der Waals surface area contributed by atoms with Crippen LogP contribution < -0.4 is 5.73 Å². The van der Waals surface area contributed by atoms with E-state index in [9.17, 15) is 0 Å². The van der Waals surface area contributed by atoms with Gasteiger partial charge in [-0.15, -0.1) is 0 Å². The molecule has 96 valence electrons. The predicted molar refractivity (Wildman–Crippen MR) is 72.2 cm³/mol. The van der Waals surface area contributed by atoms with Crippen LogP contribution in [0.3, 0.4) is 0 Å². The van der Waals surface area contributed by atoms with Crippen LogP contribution in [0, 0.1) is 6.92 Å². The smallest absolute Gasteiger partial charge is 0.123 e. The lowest BCUT2D eigenvalue weighted by Crippen LogP contribution is -2.14. The summed E-state index contributed by atoms with van der Waals surface area (Å²) in [5.41, 5.74) is 9.39. The number of methoxy groups -OCH3 is 1. The fraction of sp³-hybridized carbons (Fsp3) is 0.357. The number of nitrogens with two attached hydrogens (primary N) is 1. The van der Waals surface area contributed by atoms with Crippen molar-refractivity contribution in [2.75, 3.05) is 13.7 Å². The lowest BCUT2D eigenvalue weighted by atomic mass is 10.1. The Balaban J connectivity index is 2.12. The quantitative estimate of drug-likeness (QED) is 0.850. The second-order valence-corrected chi connectivity index (χ2v) is 4.44. The van der Waals surface area contributed by atoms with Crippen molar-refractivity contribution in [2.45, 2.75) is 19.4 Å². The van der Waals surface area contributed by atoms with Gasteiger partial charge in [0.15, 0.2) is 0 Å². The molecule has 4 nitrogen and oxygen atoms in total. The van der Waals surface area contributed by atoms with Crippen molar-refractivity contribution in [3.05, 3.63) is 41.9 Å². The summed E-state index contributed by atoms with van der Waals surface area (Å²) in [4.78, 5) is 7.60. The average Bonchev–Trinajstić information content (AvgIpc) is 2.86. The molecule has 0 amide bonds. The van der Waals surface area contributed by atoms with Crippen LogP contribution in [0.15, 0.2) is 30.5 Å². The molecule has 0 bridgehead atoms. The Morgan fingerprint density at radius 3 is 2.72 bits per heavy atom. The van der Waals surface area contributed by atoms with Crippen LogP contribution >= 0.6 is 0 Å². The highest BCUT2D eigenvalue weighted by atomic mass is 16.5. The van der Waals surface area contributed by atoms with Gasteiger partial charge in [0.1, 0.15) is 5.82 Å². The fourth-order valence-electron chi connectivity index (χ4n) is 1.79. The summed E-state index contributed by atoms with van der Waals surface area (Å²) < 4.78 is 5.02. The Hall–Kier alpha value is -1.65. The van der Waals surface area contributed by atoms with Gasteiger partial charge in [0.2, 0.25) is 0 Å². The molecule has 18 heavy (non-hydrogen) atoms. The molecule has 0 saturated carbocycles. The minimum atomic E-state index is -0.107. The molecule has 0 aliphatic heterocycles. The molecule has 0 aliphatic rings. The third kappa shape index (κ3) is 2.97. The van der Waals surface area contributed by atoms with E-state index in [1.54, 1.807) is 7.11 Å². The van der Waals surface area contributed by atoms with Gasteiger partial charge in [-0.2, -0.15) is 0 Å². The van der Waals surface area contributed by atoms with Gasteiger partial charge >= 0.3 is 0 Å². The van der Waals surface area contributed by atoms with Gasteiger partial charge in [-0.1, -0.05) is 29.8 Å². The zero-order valence-electron chi connectivity index (χ0n) is 10.8. The van der Waals surface area contributed by atoms with Crippen molar-refractivity contribution in [1.29, 1.82) is 0 Å². The van der Waals surface area contributed by atoms with Crippen LogP contribution in [0.2, 0.25) is 0 Å². The molecule has 0 aliphatic carbocycles. The molecular weight excluding hydrogens is 226 g/mol. The third-order valence-electron chi connectivity index (χ3n) is 2.94. The lowest BCUT2D eigenvalue weighted by Gasteiger charge is -2.07. The second kappa shape index (κ2) is 5.80. The highest BCUT2D eigenvalue weighted by molar-refractivity contribution is 5.58. The molecule has 0 saturated heterocycles. The van der Waals surface area contributed by atoms with E-state index < -0.39 is 0 Å². The third-order valence-corrected chi connectivity index (χ3v) is 2.94. The van der Waals surface area contributed by atoms with Crippen molar-refractivity contribution in [1.82, 2.24) is 9.97 Å². The highest BCUT2D eigenvalue weighted by Crippen LogP contribution is 2.20. The maximum atomic E-state index is 6.02. The van der Waals surface area contributed by atoms with E-state index in [-0.39, 0.29) is 6.04 Å². The zero-order chi connectivity index (χ0) is 13.0. The lowest BCUT2D eigenvalue weighted by molar-refractivity contribution is 0.187. The first-order valence-corrected chi connectivity index (χ1v) is 6.07. The number of rotatable bonds is 5. The number of H-pyrrole nitrogens is 1. The van der Waals surface area contributed by atoms with E-state index in [1.807, 2.05) is 6.20 Å². The van der Waals surface area contributed by atoms with Crippen molar-refractivity contribution in [3.63, 3.8) is 0 Å². The van der Waals surface area contributed by atoms with E-state index in [4.69, 9.17) is 10.5 Å². The van der Waals surface area contributed by atoms with E-state index in [0.717, 1.165) is 23.5 Å². The summed E-state index contributed by atoms with van der Waals surface area (Å²) in [6, 6.07) is 8.21. The van der Waals surface area contributed by atoms with Crippen LogP contribution in [0.5, 0.6) is 0 Å². The summed E-state index contributed by atoms with van der Waals surface area (Å²) in [6.07, 6.45) is 2.59. The summed E-state index contributed by atoms with van der Waals surface area (Å²) in [6.45, 7) is 2.71. The normalized spacial score (nSPS) is 12.6. The Kier molecular flexibility index (Phi) is 4.12. The largest absolute Gasteiger partial charge is 0.385 e. The number of benzene rings is 1. The number of ether oxygens (including phenoxy) is 1. The topological polar surface area (TPSA) is 63.9 Å². The van der Waals surface area contributed by atoms with Crippen molar-refractivity contribution >= 4 is 0 Å². The SMILES string of the molecule is COCCC(N)c1ncc(-c2ccc(C)cc2)[nH]1. The molecule has 2 aromatic rings. The highest BCUT2D eigenvalue weighted by Gasteiger charge is 2.10. The number of hydrogen-bond acceptors (Lipinski definition) is 3. The monoisotopic (exact) mass is 245 g/mol. The molecular formula is C14H19N3O. The van der Waals surface area contributed by atoms with Crippen molar-refractivity contribution < 1.29 is 4.74 Å². The molecule has 0 radical (unpaired) electrons. The van der Waals surface area contributed by atoms with E-state index in [0.29, 0.717) is 6.61 Å². The fourth-order valence-corrected chi connectivity index (χ4v) is 1.79. The number of nitrogens with zero attached hydrogens (tertiary/aromatic N) is 1. The second-order valence-electron chi connectivity index (χ2n) is 4.44. The summed E-state index contributed by atoms with van der Waals surface area (Å²) >= 11 is 0. The molecule has 1 aromatic heterocycles. The minimum Gasteiger partial charge on any atom is -0.385 e. The van der Waals surface area contributed by atoms with E-state index >= 15 is 0 Å². The molecule has 1 aromatic carbocycles. The van der Waals surface area contributed by atoms with Gasteiger partial charge < -0.3 is 15.5 Å². The molecule has 1 heterocycles. The maximum Gasteiger partial charge on any atom is 0.123 e. The van der Waals surface area contributed by atoms with E-state index in [1.165, 1.54) is 5.56 Å². The standard InChI is InChI=1S/C14H19N3O/c1-10-3-5-11(6-4-10)13-9-16-14(17-13)12(15)7-8-18-2/h3-6,9,12H,7-8,15H2,1-2H3,(H,16,17). The molecule has 0 spiro atoms. The maximum absolute atomic E-state index is 6.02. The van der Waals surface area contributed by atoms with Gasteiger partial charge in [-0.25, -0.2) is 4.98 Å². The minimum absolute atomic E-state index is 0.107. The van der Waals surface area contributed by atoms with Gasteiger partial charge in [0.25, 0.3) is 0 Å². The number of imidazole rings is 1. The van der Waals surface area contributed by atoms with Gasteiger partial charge in [0.05, 0.1) is 17.9 Å². The van der Waals surface area contributed by atoms with Gasteiger partial charge in [-0.05, 0) is 18.9 Å². The van der Waals surface area contributed by atoms with Crippen molar-refractivity contribution in [2.24, 2.45) is 5.73 Å². The van der Waals surface area contributed by atoms with Crippen LogP contribution in [-0.2, 0) is 4.74 Å². The molecule has 1 atom stereocenters. The van der Waals surface area contributed by atoms with Crippen LogP contribution in [0.25, 0.3) is 11.3 Å². The first-order valence-electron chi connectivity index (χ1n) is 6.07. The van der Waals surface area contributed by atoms with Crippen LogP contribution in [0.1, 0.15) is 23.9 Å². The van der Waals surface area contributed by atoms with Crippen LogP contribution in [0.4, 0.5) is 0 Å². The predicted octanol–water partition coefficient (Wildman–Crippen LogP) is 2.42. The Morgan fingerprint density at radius 2 is 2.06 bits per heavy atom. The van der Waals surface area contributed by atoms with Crippen molar-refractivity contribution in [3.8, 4) is 11.3 Å². The van der Waals surface area contributed by atoms with E-state index in [2.05, 4.69) is 41.2 Å². The summed E-state index contributed by atoms with van der Waals surface area (Å²) in [5, 5.41) is 0. The molecule has 0 fully saturated rings. The zero-order valence-corrected chi connectivity index (χ0v) is 10.8. The Bertz CT molecular complexity index is 490. The number of aromatic nitrogens is 2. The number of nitrogens with one attached hydrogen (secondary N) is 1. The number of hydrogen-bond donors (Lipinski definition) is 2. The number of aromatic amines is 1. The number of aryl methyl sites for hydroxylation is 1. The van der Waals surface area contributed by atoms with Gasteiger partial charge in [0, 0.05) is 13.7 Å². The Labute approximate surface area is 107 Å². The molecule has 4 heteroatoms. The first-order chi connectivity index (χ1) is 8.70. The average molecular weight is 245 g/mol. The molecule has 3 N–H and O–H groups in total. The van der Waals surface area contributed by atoms with Gasteiger partial charge in [-0.3, -0.25) is 0 Å². The molecule has 2 rings (SSSR count). The first kappa shape index (κ1) is 12.8. The summed E-state index contributed by atoms with van der Waals surface area (Å²) in [5.74, 6) is 0.808. The van der Waals surface area contributed by atoms with Crippen LogP contribution in [-0.4, -0.2) is 23.7 Å². The molecule has 1 unspecified atom stereocenters. The summed E-state index contributed by atoms with van der Waals surface area (Å²) in [7, 11) is 1.67.